The van der Waals surface area contributed by atoms with Crippen LogP contribution in [-0.2, 0) is 12.7 Å². The number of nitrogens with one attached hydrogen (secondary N) is 1. The molecule has 2 aromatic rings. The first-order valence-corrected chi connectivity index (χ1v) is 8.58. The van der Waals surface area contributed by atoms with Gasteiger partial charge in [0.25, 0.3) is 5.91 Å². The van der Waals surface area contributed by atoms with Crippen molar-refractivity contribution in [3.63, 3.8) is 0 Å². The number of nitrogens with zero attached hydrogens (tertiary/aromatic N) is 2. The molecule has 1 amide bonds. The van der Waals surface area contributed by atoms with Gasteiger partial charge >= 0.3 is 6.18 Å². The van der Waals surface area contributed by atoms with Crippen molar-refractivity contribution in [1.29, 1.82) is 0 Å². The number of pyridine rings is 1. The molecule has 1 aliphatic heterocycles. The Hall–Kier alpha value is -2.41. The smallest absolute Gasteiger partial charge is 0.321 e. The van der Waals surface area contributed by atoms with Gasteiger partial charge in [-0.15, -0.1) is 0 Å². The summed E-state index contributed by atoms with van der Waals surface area (Å²) in [5.74, 6) is -0.379. The van der Waals surface area contributed by atoms with E-state index in [9.17, 15) is 18.0 Å². The number of carbonyl (C=O) groups is 1. The van der Waals surface area contributed by atoms with Crippen LogP contribution in [0, 0.1) is 0 Å². The highest BCUT2D eigenvalue weighted by Gasteiger charge is 2.32. The van der Waals surface area contributed by atoms with Crippen LogP contribution in [0.15, 0.2) is 42.6 Å². The number of halogens is 3. The van der Waals surface area contributed by atoms with E-state index in [1.165, 1.54) is 25.3 Å². The summed E-state index contributed by atoms with van der Waals surface area (Å²) in [5.41, 5.74) is 0.824. The van der Waals surface area contributed by atoms with E-state index in [-0.39, 0.29) is 11.6 Å². The van der Waals surface area contributed by atoms with E-state index in [4.69, 9.17) is 0 Å². The summed E-state index contributed by atoms with van der Waals surface area (Å²) in [5, 5.41) is 2.56. The molecule has 0 unspecified atom stereocenters. The van der Waals surface area contributed by atoms with Crippen LogP contribution in [-0.4, -0.2) is 28.9 Å². The minimum absolute atomic E-state index is 0.223. The van der Waals surface area contributed by atoms with Crippen LogP contribution in [0.25, 0.3) is 0 Å². The van der Waals surface area contributed by atoms with Crippen molar-refractivity contribution >= 4 is 11.6 Å². The lowest BCUT2D eigenvalue weighted by molar-refractivity contribution is -0.141. The fourth-order valence-electron chi connectivity index (χ4n) is 2.98. The van der Waals surface area contributed by atoms with Crippen LogP contribution in [0.1, 0.15) is 40.9 Å². The zero-order valence-electron chi connectivity index (χ0n) is 14.2. The van der Waals surface area contributed by atoms with Gasteiger partial charge in [0, 0.05) is 12.1 Å². The first-order chi connectivity index (χ1) is 12.4. The second kappa shape index (κ2) is 7.86. The molecule has 0 spiro atoms. The molecule has 0 aliphatic carbocycles. The van der Waals surface area contributed by atoms with Gasteiger partial charge in [0.15, 0.2) is 0 Å². The monoisotopic (exact) mass is 363 g/mol. The van der Waals surface area contributed by atoms with Crippen molar-refractivity contribution in [1.82, 2.24) is 9.88 Å². The molecule has 0 bridgehead atoms. The van der Waals surface area contributed by atoms with E-state index in [2.05, 4.69) is 15.2 Å². The van der Waals surface area contributed by atoms with Crippen LogP contribution in [0.2, 0.25) is 0 Å². The summed E-state index contributed by atoms with van der Waals surface area (Å²) < 4.78 is 37.5. The van der Waals surface area contributed by atoms with Crippen molar-refractivity contribution in [2.45, 2.75) is 32.0 Å². The van der Waals surface area contributed by atoms with E-state index in [1.54, 1.807) is 12.1 Å². The largest absolute Gasteiger partial charge is 0.433 e. The minimum atomic E-state index is -4.49. The first kappa shape index (κ1) is 18.4. The molecule has 26 heavy (non-hydrogen) atoms. The maximum absolute atomic E-state index is 12.5. The molecule has 3 rings (SSSR count). The molecule has 1 aromatic heterocycles. The molecule has 1 aliphatic rings. The number of hydrogen-bond acceptors (Lipinski definition) is 3. The second-order valence-corrected chi connectivity index (χ2v) is 6.42. The van der Waals surface area contributed by atoms with Crippen molar-refractivity contribution in [2.24, 2.45) is 0 Å². The van der Waals surface area contributed by atoms with Gasteiger partial charge in [-0.1, -0.05) is 18.6 Å². The predicted molar refractivity (Wildman–Crippen MR) is 92.8 cm³/mol. The molecular weight excluding hydrogens is 343 g/mol. The van der Waals surface area contributed by atoms with E-state index in [0.717, 1.165) is 37.5 Å². The van der Waals surface area contributed by atoms with Gasteiger partial charge in [-0.25, -0.2) is 4.98 Å². The Morgan fingerprint density at radius 2 is 1.73 bits per heavy atom. The van der Waals surface area contributed by atoms with Crippen LogP contribution < -0.4 is 5.32 Å². The zero-order chi connectivity index (χ0) is 18.6. The van der Waals surface area contributed by atoms with E-state index < -0.39 is 11.9 Å². The van der Waals surface area contributed by atoms with Crippen molar-refractivity contribution < 1.29 is 18.0 Å². The van der Waals surface area contributed by atoms with Gasteiger partial charge in [-0.2, -0.15) is 13.2 Å². The van der Waals surface area contributed by atoms with E-state index >= 15 is 0 Å². The van der Waals surface area contributed by atoms with Gasteiger partial charge < -0.3 is 5.32 Å². The van der Waals surface area contributed by atoms with Gasteiger partial charge in [-0.05, 0) is 55.8 Å². The third-order valence-electron chi connectivity index (χ3n) is 4.38. The number of anilines is 1. The fourth-order valence-corrected chi connectivity index (χ4v) is 2.98. The summed E-state index contributed by atoms with van der Waals surface area (Å²) in [6, 6.07) is 9.32. The number of rotatable bonds is 4. The third kappa shape index (κ3) is 4.82. The lowest BCUT2D eigenvalue weighted by atomic mass is 10.1. The molecule has 4 nitrogen and oxygen atoms in total. The predicted octanol–water partition coefficient (Wildman–Crippen LogP) is 4.34. The topological polar surface area (TPSA) is 45.2 Å². The minimum Gasteiger partial charge on any atom is -0.321 e. The molecule has 0 atom stereocenters. The molecule has 138 valence electrons. The number of carbonyl (C=O) groups excluding carboxylic acids is 1. The summed E-state index contributed by atoms with van der Waals surface area (Å²) in [4.78, 5) is 18.0. The molecule has 7 heteroatoms. The average Bonchev–Trinajstić information content (AvgIpc) is 2.63. The standard InChI is InChI=1S/C19H20F3N3O/c20-19(21,22)17-9-8-16(12-23-17)24-18(26)15-6-4-14(5-7-15)13-25-10-2-1-3-11-25/h4-9,12H,1-3,10-11,13H2,(H,24,26). The Morgan fingerprint density at radius 3 is 2.31 bits per heavy atom. The Kier molecular flexibility index (Phi) is 5.56. The van der Waals surface area contributed by atoms with E-state index in [1.807, 2.05) is 12.1 Å². The molecule has 0 saturated carbocycles. The van der Waals surface area contributed by atoms with Crippen LogP contribution in [0.3, 0.4) is 0 Å². The highest BCUT2D eigenvalue weighted by molar-refractivity contribution is 6.04. The van der Waals surface area contributed by atoms with Gasteiger partial charge in [0.1, 0.15) is 5.69 Å². The van der Waals surface area contributed by atoms with Crippen LogP contribution in [0.5, 0.6) is 0 Å². The Labute approximate surface area is 150 Å². The fraction of sp³-hybridized carbons (Fsp3) is 0.368. The van der Waals surface area contributed by atoms with Gasteiger partial charge in [0.2, 0.25) is 0 Å². The number of alkyl halides is 3. The zero-order valence-corrected chi connectivity index (χ0v) is 14.2. The van der Waals surface area contributed by atoms with Crippen molar-refractivity contribution in [2.75, 3.05) is 18.4 Å². The Balaban J connectivity index is 1.59. The lowest BCUT2D eigenvalue weighted by Gasteiger charge is -2.26. The lowest BCUT2D eigenvalue weighted by Crippen LogP contribution is -2.29. The highest BCUT2D eigenvalue weighted by atomic mass is 19.4. The van der Waals surface area contributed by atoms with Crippen LogP contribution >= 0.6 is 0 Å². The number of piperidine rings is 1. The third-order valence-corrected chi connectivity index (χ3v) is 4.38. The summed E-state index contributed by atoms with van der Waals surface area (Å²) >= 11 is 0. The highest BCUT2D eigenvalue weighted by Crippen LogP contribution is 2.27. The molecular formula is C19H20F3N3O. The Morgan fingerprint density at radius 1 is 1.04 bits per heavy atom. The quantitative estimate of drug-likeness (QED) is 0.879. The van der Waals surface area contributed by atoms with E-state index in [0.29, 0.717) is 5.56 Å². The maximum atomic E-state index is 12.5. The molecule has 1 aromatic carbocycles. The Bertz CT molecular complexity index is 736. The number of likely N-dealkylation sites (tertiary alicyclic amines) is 1. The van der Waals surface area contributed by atoms with Crippen LogP contribution in [0.4, 0.5) is 18.9 Å². The first-order valence-electron chi connectivity index (χ1n) is 8.58. The average molecular weight is 363 g/mol. The maximum Gasteiger partial charge on any atom is 0.433 e. The van der Waals surface area contributed by atoms with Gasteiger partial charge in [0.05, 0.1) is 11.9 Å². The molecule has 1 fully saturated rings. The second-order valence-electron chi connectivity index (χ2n) is 6.42. The van der Waals surface area contributed by atoms with Gasteiger partial charge in [-0.3, -0.25) is 9.69 Å². The molecule has 1 saturated heterocycles. The number of aromatic nitrogens is 1. The van der Waals surface area contributed by atoms with Crippen molar-refractivity contribution in [3.05, 3.63) is 59.4 Å². The van der Waals surface area contributed by atoms with Crippen molar-refractivity contribution in [3.8, 4) is 0 Å². The SMILES string of the molecule is O=C(Nc1ccc(C(F)(F)F)nc1)c1ccc(CN2CCCCC2)cc1. The number of benzene rings is 1. The normalized spacial score (nSPS) is 15.7. The molecule has 1 N–H and O–H groups in total. The summed E-state index contributed by atoms with van der Waals surface area (Å²) in [6.45, 7) is 3.07. The number of hydrogen-bond donors (Lipinski definition) is 1. The summed E-state index contributed by atoms with van der Waals surface area (Å²) in [7, 11) is 0. The molecule has 2 heterocycles. The number of amides is 1. The molecule has 0 radical (unpaired) electrons. The summed E-state index contributed by atoms with van der Waals surface area (Å²) in [6.07, 6.45) is 0.246.